The van der Waals surface area contributed by atoms with E-state index in [1.54, 1.807) is 0 Å². The van der Waals surface area contributed by atoms with Crippen molar-refractivity contribution in [3.63, 3.8) is 0 Å². The average molecular weight is 465 g/mol. The van der Waals surface area contributed by atoms with Gasteiger partial charge in [-0.25, -0.2) is 9.59 Å². The molecule has 34 heavy (non-hydrogen) atoms. The Labute approximate surface area is 203 Å². The van der Waals surface area contributed by atoms with E-state index >= 15 is 0 Å². The molecule has 0 unspecified atom stereocenters. The highest BCUT2D eigenvalue weighted by Gasteiger charge is 2.18. The topological polar surface area (TPSA) is 61.8 Å². The van der Waals surface area contributed by atoms with Gasteiger partial charge in [-0.05, 0) is 73.9 Å². The summed E-state index contributed by atoms with van der Waals surface area (Å²) in [4.78, 5) is 23.3. The zero-order valence-electron chi connectivity index (χ0n) is 20.0. The molecule has 5 nitrogen and oxygen atoms in total. The SMILES string of the molecule is C=CC(=O)OCCCCCCCOc1ccc(-c2ccc(C(=O)OC3CCCCC3)cc2)cc1. The first-order valence-electron chi connectivity index (χ1n) is 12.5. The summed E-state index contributed by atoms with van der Waals surface area (Å²) in [5.41, 5.74) is 2.74. The molecule has 1 fully saturated rings. The Hall–Kier alpha value is -3.08. The van der Waals surface area contributed by atoms with Gasteiger partial charge in [-0.3, -0.25) is 0 Å². The van der Waals surface area contributed by atoms with Crippen LogP contribution in [0, 0.1) is 0 Å². The van der Waals surface area contributed by atoms with Crippen LogP contribution in [0.25, 0.3) is 11.1 Å². The van der Waals surface area contributed by atoms with Crippen molar-refractivity contribution in [2.24, 2.45) is 0 Å². The molecule has 0 bridgehead atoms. The molecule has 0 N–H and O–H groups in total. The van der Waals surface area contributed by atoms with Gasteiger partial charge in [0, 0.05) is 6.08 Å². The van der Waals surface area contributed by atoms with Crippen LogP contribution in [0.1, 0.15) is 74.6 Å². The van der Waals surface area contributed by atoms with Gasteiger partial charge in [-0.1, -0.05) is 56.5 Å². The van der Waals surface area contributed by atoms with Crippen LogP contribution in [-0.2, 0) is 14.3 Å². The summed E-state index contributed by atoms with van der Waals surface area (Å²) in [5, 5.41) is 0. The molecule has 0 amide bonds. The van der Waals surface area contributed by atoms with E-state index in [0.29, 0.717) is 18.8 Å². The van der Waals surface area contributed by atoms with E-state index in [9.17, 15) is 9.59 Å². The minimum atomic E-state index is -0.356. The smallest absolute Gasteiger partial charge is 0.338 e. The first-order chi connectivity index (χ1) is 16.7. The van der Waals surface area contributed by atoms with Crippen LogP contribution in [0.5, 0.6) is 5.75 Å². The summed E-state index contributed by atoms with van der Waals surface area (Å²) in [6.07, 6.45) is 11.8. The van der Waals surface area contributed by atoms with E-state index in [1.165, 1.54) is 12.5 Å². The third-order valence-corrected chi connectivity index (χ3v) is 6.10. The molecule has 5 heteroatoms. The lowest BCUT2D eigenvalue weighted by molar-refractivity contribution is -0.137. The maximum Gasteiger partial charge on any atom is 0.338 e. The Morgan fingerprint density at radius 2 is 1.38 bits per heavy atom. The molecular formula is C29H36O5. The molecule has 2 aromatic rings. The third-order valence-electron chi connectivity index (χ3n) is 6.10. The number of carbonyl (C=O) groups is 2. The zero-order valence-corrected chi connectivity index (χ0v) is 20.0. The minimum absolute atomic E-state index is 0.0717. The van der Waals surface area contributed by atoms with Crippen molar-refractivity contribution >= 4 is 11.9 Å². The second-order valence-corrected chi connectivity index (χ2v) is 8.75. The molecule has 182 valence electrons. The highest BCUT2D eigenvalue weighted by molar-refractivity contribution is 5.90. The zero-order chi connectivity index (χ0) is 24.0. The van der Waals surface area contributed by atoms with Crippen LogP contribution >= 0.6 is 0 Å². The lowest BCUT2D eigenvalue weighted by Gasteiger charge is -2.21. The van der Waals surface area contributed by atoms with Gasteiger partial charge >= 0.3 is 11.9 Å². The number of ether oxygens (including phenoxy) is 3. The fourth-order valence-corrected chi connectivity index (χ4v) is 4.10. The van der Waals surface area contributed by atoms with Crippen LogP contribution in [0.15, 0.2) is 61.2 Å². The largest absolute Gasteiger partial charge is 0.494 e. The molecule has 1 aliphatic carbocycles. The van der Waals surface area contributed by atoms with E-state index in [1.807, 2.05) is 48.5 Å². The van der Waals surface area contributed by atoms with Gasteiger partial charge < -0.3 is 14.2 Å². The Morgan fingerprint density at radius 1 is 0.794 bits per heavy atom. The van der Waals surface area contributed by atoms with Crippen molar-refractivity contribution in [3.05, 3.63) is 66.7 Å². The van der Waals surface area contributed by atoms with Gasteiger partial charge in [0.15, 0.2) is 0 Å². The van der Waals surface area contributed by atoms with Crippen molar-refractivity contribution in [3.8, 4) is 16.9 Å². The van der Waals surface area contributed by atoms with Crippen molar-refractivity contribution in [1.29, 1.82) is 0 Å². The van der Waals surface area contributed by atoms with Gasteiger partial charge in [0.25, 0.3) is 0 Å². The van der Waals surface area contributed by atoms with Gasteiger partial charge in [0.05, 0.1) is 18.8 Å². The van der Waals surface area contributed by atoms with E-state index in [0.717, 1.165) is 74.7 Å². The van der Waals surface area contributed by atoms with Crippen molar-refractivity contribution in [2.75, 3.05) is 13.2 Å². The number of carbonyl (C=O) groups excluding carboxylic acids is 2. The van der Waals surface area contributed by atoms with Gasteiger partial charge in [-0.15, -0.1) is 0 Å². The van der Waals surface area contributed by atoms with E-state index < -0.39 is 0 Å². The first-order valence-corrected chi connectivity index (χ1v) is 12.5. The standard InChI is InChI=1S/C29H36O5/c1-2-28(30)33-22-10-5-3-4-9-21-32-26-19-17-24(18-20-26)23-13-15-25(16-14-23)29(31)34-27-11-7-6-8-12-27/h2,13-20,27H,1,3-12,21-22H2. The van der Waals surface area contributed by atoms with Gasteiger partial charge in [-0.2, -0.15) is 0 Å². The predicted octanol–water partition coefficient (Wildman–Crippen LogP) is 6.90. The van der Waals surface area contributed by atoms with Crippen molar-refractivity contribution in [2.45, 2.75) is 70.3 Å². The molecule has 0 heterocycles. The first kappa shape index (κ1) is 25.5. The number of esters is 2. The Balaban J connectivity index is 1.34. The molecule has 0 aliphatic heterocycles. The van der Waals surface area contributed by atoms with Crippen LogP contribution in [0.3, 0.4) is 0 Å². The summed E-state index contributed by atoms with van der Waals surface area (Å²) in [7, 11) is 0. The minimum Gasteiger partial charge on any atom is -0.494 e. The average Bonchev–Trinajstić information content (AvgIpc) is 2.88. The second-order valence-electron chi connectivity index (χ2n) is 8.75. The highest BCUT2D eigenvalue weighted by atomic mass is 16.5. The lowest BCUT2D eigenvalue weighted by atomic mass is 9.98. The molecule has 0 atom stereocenters. The molecule has 1 saturated carbocycles. The maximum absolute atomic E-state index is 12.4. The van der Waals surface area contributed by atoms with E-state index in [2.05, 4.69) is 6.58 Å². The van der Waals surface area contributed by atoms with Crippen LogP contribution < -0.4 is 4.74 Å². The van der Waals surface area contributed by atoms with Crippen LogP contribution in [0.4, 0.5) is 0 Å². The quantitative estimate of drug-likeness (QED) is 0.183. The summed E-state index contributed by atoms with van der Waals surface area (Å²) in [6, 6.07) is 15.6. The highest BCUT2D eigenvalue weighted by Crippen LogP contribution is 2.25. The number of hydrogen-bond acceptors (Lipinski definition) is 5. The number of benzene rings is 2. The van der Waals surface area contributed by atoms with Crippen molar-refractivity contribution in [1.82, 2.24) is 0 Å². The van der Waals surface area contributed by atoms with E-state index in [-0.39, 0.29) is 18.0 Å². The molecule has 0 aromatic heterocycles. The Morgan fingerprint density at radius 3 is 2.03 bits per heavy atom. The molecule has 1 aliphatic rings. The number of unbranched alkanes of at least 4 members (excludes halogenated alkanes) is 4. The van der Waals surface area contributed by atoms with E-state index in [4.69, 9.17) is 14.2 Å². The Kier molecular flexibility index (Phi) is 10.7. The summed E-state index contributed by atoms with van der Waals surface area (Å²) >= 11 is 0. The predicted molar refractivity (Wildman–Crippen MR) is 134 cm³/mol. The molecule has 0 radical (unpaired) electrons. The summed E-state index contributed by atoms with van der Waals surface area (Å²) in [5.74, 6) is 0.275. The fourth-order valence-electron chi connectivity index (χ4n) is 4.10. The molecule has 0 spiro atoms. The molecule has 2 aromatic carbocycles. The normalized spacial score (nSPS) is 13.8. The monoisotopic (exact) mass is 464 g/mol. The molecule has 3 rings (SSSR count). The summed E-state index contributed by atoms with van der Waals surface area (Å²) < 4.78 is 16.5. The third kappa shape index (κ3) is 8.69. The van der Waals surface area contributed by atoms with Gasteiger partial charge in [0.1, 0.15) is 11.9 Å². The van der Waals surface area contributed by atoms with Gasteiger partial charge in [0.2, 0.25) is 0 Å². The number of hydrogen-bond donors (Lipinski definition) is 0. The fraction of sp³-hybridized carbons (Fsp3) is 0.448. The molecular weight excluding hydrogens is 428 g/mol. The lowest BCUT2D eigenvalue weighted by Crippen LogP contribution is -2.20. The van der Waals surface area contributed by atoms with Crippen LogP contribution in [0.2, 0.25) is 0 Å². The van der Waals surface area contributed by atoms with Crippen LogP contribution in [-0.4, -0.2) is 31.3 Å². The Bertz CT molecular complexity index is 895. The summed E-state index contributed by atoms with van der Waals surface area (Å²) in [6.45, 7) is 4.52. The second kappa shape index (κ2) is 14.2. The molecule has 0 saturated heterocycles. The number of rotatable bonds is 13. The van der Waals surface area contributed by atoms with Crippen molar-refractivity contribution < 1.29 is 23.8 Å². The maximum atomic E-state index is 12.4.